The van der Waals surface area contributed by atoms with Gasteiger partial charge in [0, 0.05) is 0 Å². The van der Waals surface area contributed by atoms with Gasteiger partial charge in [-0.15, -0.1) is 0 Å². The van der Waals surface area contributed by atoms with E-state index in [0.717, 1.165) is 5.56 Å². The molecule has 0 saturated heterocycles. The van der Waals surface area contributed by atoms with E-state index in [1.807, 2.05) is 6.92 Å². The Labute approximate surface area is 101 Å². The highest BCUT2D eigenvalue weighted by molar-refractivity contribution is 7.89. The monoisotopic (exact) mass is 259 g/mol. The zero-order valence-electron chi connectivity index (χ0n) is 9.84. The van der Waals surface area contributed by atoms with Gasteiger partial charge in [-0.3, -0.25) is 0 Å². The summed E-state index contributed by atoms with van der Waals surface area (Å²) >= 11 is 0. The van der Waals surface area contributed by atoms with Crippen LogP contribution < -0.4 is 4.72 Å². The van der Waals surface area contributed by atoms with Crippen molar-refractivity contribution in [2.24, 2.45) is 0 Å². The van der Waals surface area contributed by atoms with E-state index in [1.54, 1.807) is 19.1 Å². The van der Waals surface area contributed by atoms with Gasteiger partial charge in [0.1, 0.15) is 0 Å². The van der Waals surface area contributed by atoms with Crippen LogP contribution in [0.25, 0.3) is 0 Å². The molecule has 0 bridgehead atoms. The molecule has 0 unspecified atom stereocenters. The number of benzene rings is 1. The summed E-state index contributed by atoms with van der Waals surface area (Å²) in [6, 6.07) is 4.11. The maximum atomic E-state index is 12.0. The van der Waals surface area contributed by atoms with Gasteiger partial charge in [-0.1, -0.05) is 17.7 Å². The lowest BCUT2D eigenvalue weighted by Gasteiger charge is -2.15. The highest BCUT2D eigenvalue weighted by Crippen LogP contribution is 2.16. The van der Waals surface area contributed by atoms with Gasteiger partial charge in [-0.2, -0.15) is 0 Å². The Morgan fingerprint density at radius 3 is 2.29 bits per heavy atom. The van der Waals surface area contributed by atoms with Gasteiger partial charge in [0.05, 0.1) is 24.2 Å². The SMILES string of the molecule is Cc1ccc(S(=O)(=O)NC(CO)CO)c(C)c1. The van der Waals surface area contributed by atoms with E-state index in [9.17, 15) is 8.42 Å². The zero-order valence-corrected chi connectivity index (χ0v) is 10.7. The minimum absolute atomic E-state index is 0.162. The summed E-state index contributed by atoms with van der Waals surface area (Å²) in [6.07, 6.45) is 0. The Morgan fingerprint density at radius 1 is 1.24 bits per heavy atom. The number of sulfonamides is 1. The van der Waals surface area contributed by atoms with Crippen molar-refractivity contribution in [1.82, 2.24) is 4.72 Å². The van der Waals surface area contributed by atoms with Crippen molar-refractivity contribution in [2.75, 3.05) is 13.2 Å². The Morgan fingerprint density at radius 2 is 1.82 bits per heavy atom. The molecule has 3 N–H and O–H groups in total. The molecule has 5 nitrogen and oxygen atoms in total. The summed E-state index contributed by atoms with van der Waals surface area (Å²) in [7, 11) is -3.70. The standard InChI is InChI=1S/C11H17NO4S/c1-8-3-4-11(9(2)5-8)17(15,16)12-10(6-13)7-14/h3-5,10,12-14H,6-7H2,1-2H3. The van der Waals surface area contributed by atoms with Crippen LogP contribution in [0.2, 0.25) is 0 Å². The van der Waals surface area contributed by atoms with Gasteiger partial charge in [0.15, 0.2) is 0 Å². The van der Waals surface area contributed by atoms with Gasteiger partial charge >= 0.3 is 0 Å². The van der Waals surface area contributed by atoms with Crippen LogP contribution in [-0.2, 0) is 10.0 Å². The fourth-order valence-electron chi connectivity index (χ4n) is 1.52. The maximum Gasteiger partial charge on any atom is 0.241 e. The van der Waals surface area contributed by atoms with Crippen LogP contribution in [0.15, 0.2) is 23.1 Å². The zero-order chi connectivity index (χ0) is 13.1. The molecule has 0 aliphatic heterocycles. The Hall–Kier alpha value is -0.950. The Bertz CT molecular complexity index is 480. The van der Waals surface area contributed by atoms with E-state index in [1.165, 1.54) is 6.07 Å². The maximum absolute atomic E-state index is 12.0. The first kappa shape index (κ1) is 14.1. The molecular weight excluding hydrogens is 242 g/mol. The van der Waals surface area contributed by atoms with E-state index in [4.69, 9.17) is 10.2 Å². The number of aryl methyl sites for hydroxylation is 2. The first-order chi connectivity index (χ1) is 7.90. The fourth-order valence-corrected chi connectivity index (χ4v) is 2.96. The molecule has 0 spiro atoms. The first-order valence-electron chi connectivity index (χ1n) is 5.22. The second-order valence-electron chi connectivity index (χ2n) is 3.95. The van der Waals surface area contributed by atoms with Crippen LogP contribution >= 0.6 is 0 Å². The molecule has 1 aromatic rings. The Kier molecular flexibility index (Phi) is 4.64. The Balaban J connectivity index is 3.05. The van der Waals surface area contributed by atoms with Crippen molar-refractivity contribution in [3.8, 4) is 0 Å². The molecular formula is C11H17NO4S. The molecule has 0 radical (unpaired) electrons. The van der Waals surface area contributed by atoms with Crippen molar-refractivity contribution in [3.63, 3.8) is 0 Å². The number of aliphatic hydroxyl groups is 2. The molecule has 0 aromatic heterocycles. The molecule has 0 heterocycles. The molecule has 1 rings (SSSR count). The van der Waals surface area contributed by atoms with E-state index in [2.05, 4.69) is 4.72 Å². The van der Waals surface area contributed by atoms with E-state index in [0.29, 0.717) is 5.56 Å². The molecule has 6 heteroatoms. The average Bonchev–Trinajstić information content (AvgIpc) is 2.25. The van der Waals surface area contributed by atoms with E-state index in [-0.39, 0.29) is 4.90 Å². The van der Waals surface area contributed by atoms with Gasteiger partial charge in [0.25, 0.3) is 0 Å². The van der Waals surface area contributed by atoms with Crippen molar-refractivity contribution < 1.29 is 18.6 Å². The smallest absolute Gasteiger partial charge is 0.241 e. The molecule has 0 aliphatic carbocycles. The van der Waals surface area contributed by atoms with Crippen LogP contribution in [0.1, 0.15) is 11.1 Å². The van der Waals surface area contributed by atoms with Gasteiger partial charge < -0.3 is 10.2 Å². The van der Waals surface area contributed by atoms with Gasteiger partial charge in [-0.25, -0.2) is 13.1 Å². The topological polar surface area (TPSA) is 86.6 Å². The van der Waals surface area contributed by atoms with Crippen LogP contribution in [0.4, 0.5) is 0 Å². The second kappa shape index (κ2) is 5.59. The minimum atomic E-state index is -3.70. The first-order valence-corrected chi connectivity index (χ1v) is 6.70. The predicted molar refractivity (Wildman–Crippen MR) is 64.2 cm³/mol. The molecule has 17 heavy (non-hydrogen) atoms. The van der Waals surface area contributed by atoms with Crippen LogP contribution in [0.5, 0.6) is 0 Å². The third-order valence-electron chi connectivity index (χ3n) is 2.38. The summed E-state index contributed by atoms with van der Waals surface area (Å²) < 4.78 is 26.2. The molecule has 0 aliphatic rings. The number of rotatable bonds is 5. The highest BCUT2D eigenvalue weighted by atomic mass is 32.2. The lowest BCUT2D eigenvalue weighted by atomic mass is 10.2. The molecule has 0 fully saturated rings. The van der Waals surface area contributed by atoms with Gasteiger partial charge in [0.2, 0.25) is 10.0 Å². The molecule has 0 saturated carbocycles. The number of nitrogens with one attached hydrogen (secondary N) is 1. The average molecular weight is 259 g/mol. The summed E-state index contributed by atoms with van der Waals surface area (Å²) in [5.74, 6) is 0. The highest BCUT2D eigenvalue weighted by Gasteiger charge is 2.20. The predicted octanol–water partition coefficient (Wildman–Crippen LogP) is -0.0651. The van der Waals surface area contributed by atoms with Crippen LogP contribution in [0, 0.1) is 13.8 Å². The number of hydrogen-bond donors (Lipinski definition) is 3. The second-order valence-corrected chi connectivity index (χ2v) is 5.63. The van der Waals surface area contributed by atoms with Crippen molar-refractivity contribution >= 4 is 10.0 Å². The molecule has 0 amide bonds. The molecule has 96 valence electrons. The third kappa shape index (κ3) is 3.50. The third-order valence-corrected chi connectivity index (χ3v) is 4.06. The van der Waals surface area contributed by atoms with Crippen molar-refractivity contribution in [2.45, 2.75) is 24.8 Å². The quantitative estimate of drug-likeness (QED) is 0.691. The lowest BCUT2D eigenvalue weighted by molar-refractivity contribution is 0.185. The summed E-state index contributed by atoms with van der Waals surface area (Å²) in [4.78, 5) is 0.162. The van der Waals surface area contributed by atoms with E-state index >= 15 is 0 Å². The largest absolute Gasteiger partial charge is 0.395 e. The molecule has 1 aromatic carbocycles. The van der Waals surface area contributed by atoms with Gasteiger partial charge in [-0.05, 0) is 25.5 Å². The minimum Gasteiger partial charge on any atom is -0.395 e. The summed E-state index contributed by atoms with van der Waals surface area (Å²) in [5, 5.41) is 17.7. The van der Waals surface area contributed by atoms with Crippen LogP contribution in [-0.4, -0.2) is 37.9 Å². The van der Waals surface area contributed by atoms with Crippen LogP contribution in [0.3, 0.4) is 0 Å². The van der Waals surface area contributed by atoms with Crippen molar-refractivity contribution in [3.05, 3.63) is 29.3 Å². The van der Waals surface area contributed by atoms with Crippen molar-refractivity contribution in [1.29, 1.82) is 0 Å². The summed E-state index contributed by atoms with van der Waals surface area (Å²) in [6.45, 7) is 2.69. The lowest BCUT2D eigenvalue weighted by Crippen LogP contribution is -2.40. The molecule has 0 atom stereocenters. The van der Waals surface area contributed by atoms with E-state index < -0.39 is 29.3 Å². The summed E-state index contributed by atoms with van der Waals surface area (Å²) in [5.41, 5.74) is 1.61. The fraction of sp³-hybridized carbons (Fsp3) is 0.455. The number of aliphatic hydroxyl groups excluding tert-OH is 2. The normalized spacial score (nSPS) is 12.1. The number of hydrogen-bond acceptors (Lipinski definition) is 4.